The molecule has 0 aromatic heterocycles. The Morgan fingerprint density at radius 3 is 2.60 bits per heavy atom. The third kappa shape index (κ3) is 0.879. The van der Waals surface area contributed by atoms with Gasteiger partial charge in [0.2, 0.25) is 0 Å². The summed E-state index contributed by atoms with van der Waals surface area (Å²) in [5, 5.41) is 8.85. The second-order valence-corrected chi connectivity index (χ2v) is 3.02. The number of hydrogen-bond acceptors (Lipinski definition) is 2. The number of ether oxygens (including phenoxy) is 1. The Labute approximate surface area is 60.5 Å². The lowest BCUT2D eigenvalue weighted by molar-refractivity contribution is -0.0832. The van der Waals surface area contributed by atoms with E-state index in [-0.39, 0.29) is 12.7 Å². The molecule has 2 heteroatoms. The molecular formula is C8H12O2. The molecule has 0 saturated carbocycles. The van der Waals surface area contributed by atoms with Crippen LogP contribution in [0.25, 0.3) is 0 Å². The molecule has 56 valence electrons. The first-order valence-electron chi connectivity index (χ1n) is 3.85. The standard InChI is InChI=1S/C8H12O2/c9-5-8-6-1-3-7(10-8)4-2-6/h1,3,6-9H,2,4-5H2. The Kier molecular flexibility index (Phi) is 1.51. The molecule has 2 bridgehead atoms. The molecule has 0 aromatic rings. The number of rotatable bonds is 1. The molecule has 1 N–H and O–H groups in total. The third-order valence-corrected chi connectivity index (χ3v) is 2.36. The zero-order chi connectivity index (χ0) is 6.97. The topological polar surface area (TPSA) is 29.5 Å². The molecule has 3 unspecified atom stereocenters. The minimum Gasteiger partial charge on any atom is -0.394 e. The molecule has 1 fully saturated rings. The van der Waals surface area contributed by atoms with Gasteiger partial charge < -0.3 is 9.84 Å². The van der Waals surface area contributed by atoms with Crippen molar-refractivity contribution in [2.45, 2.75) is 25.0 Å². The molecule has 2 nitrogen and oxygen atoms in total. The Morgan fingerprint density at radius 2 is 2.30 bits per heavy atom. The van der Waals surface area contributed by atoms with Gasteiger partial charge in [-0.2, -0.15) is 0 Å². The average molecular weight is 140 g/mol. The van der Waals surface area contributed by atoms with E-state index >= 15 is 0 Å². The van der Waals surface area contributed by atoms with E-state index in [4.69, 9.17) is 9.84 Å². The zero-order valence-corrected chi connectivity index (χ0v) is 5.86. The van der Waals surface area contributed by atoms with Gasteiger partial charge in [0.15, 0.2) is 0 Å². The predicted molar refractivity (Wildman–Crippen MR) is 37.6 cm³/mol. The fourth-order valence-electron chi connectivity index (χ4n) is 1.74. The highest BCUT2D eigenvalue weighted by atomic mass is 16.5. The summed E-state index contributed by atoms with van der Waals surface area (Å²) in [6.07, 6.45) is 6.99. The zero-order valence-electron chi connectivity index (χ0n) is 5.86. The number of hydrogen-bond donors (Lipinski definition) is 1. The first-order chi connectivity index (χ1) is 4.90. The van der Waals surface area contributed by atoms with Gasteiger partial charge in [-0.3, -0.25) is 0 Å². The molecule has 3 aliphatic rings. The Hall–Kier alpha value is -0.340. The van der Waals surface area contributed by atoms with Crippen molar-refractivity contribution in [2.24, 2.45) is 5.92 Å². The van der Waals surface area contributed by atoms with E-state index in [2.05, 4.69) is 12.2 Å². The van der Waals surface area contributed by atoms with Crippen molar-refractivity contribution in [3.8, 4) is 0 Å². The summed E-state index contributed by atoms with van der Waals surface area (Å²) in [6, 6.07) is 0. The summed E-state index contributed by atoms with van der Waals surface area (Å²) < 4.78 is 5.50. The minimum absolute atomic E-state index is 0.0868. The molecule has 3 atom stereocenters. The van der Waals surface area contributed by atoms with E-state index in [9.17, 15) is 0 Å². The van der Waals surface area contributed by atoms with Crippen LogP contribution in [-0.2, 0) is 4.74 Å². The van der Waals surface area contributed by atoms with Crippen molar-refractivity contribution >= 4 is 0 Å². The molecule has 0 spiro atoms. The quantitative estimate of drug-likeness (QED) is 0.543. The fourth-order valence-corrected chi connectivity index (χ4v) is 1.74. The van der Waals surface area contributed by atoms with Crippen LogP contribution in [0.3, 0.4) is 0 Å². The van der Waals surface area contributed by atoms with Gasteiger partial charge >= 0.3 is 0 Å². The first kappa shape index (κ1) is 6.38. The Bertz CT molecular complexity index is 153. The van der Waals surface area contributed by atoms with Crippen LogP contribution in [0.1, 0.15) is 12.8 Å². The van der Waals surface area contributed by atoms with Gasteiger partial charge in [0.1, 0.15) is 0 Å². The molecule has 0 aromatic carbocycles. The van der Waals surface area contributed by atoms with Crippen LogP contribution in [0.15, 0.2) is 12.2 Å². The van der Waals surface area contributed by atoms with Crippen LogP contribution in [0.2, 0.25) is 0 Å². The van der Waals surface area contributed by atoms with Crippen LogP contribution in [0.5, 0.6) is 0 Å². The maximum Gasteiger partial charge on any atom is 0.0876 e. The summed E-state index contributed by atoms with van der Waals surface area (Å²) in [4.78, 5) is 0. The van der Waals surface area contributed by atoms with E-state index in [1.54, 1.807) is 0 Å². The second kappa shape index (κ2) is 2.36. The highest BCUT2D eigenvalue weighted by molar-refractivity contribution is 5.06. The summed E-state index contributed by atoms with van der Waals surface area (Å²) in [6.45, 7) is 0.172. The van der Waals surface area contributed by atoms with Gasteiger partial charge in [0.25, 0.3) is 0 Å². The average Bonchev–Trinajstić information content (AvgIpc) is 2.06. The van der Waals surface area contributed by atoms with Crippen LogP contribution in [0.4, 0.5) is 0 Å². The number of aliphatic hydroxyl groups excluding tert-OH is 1. The maximum absolute atomic E-state index is 8.85. The van der Waals surface area contributed by atoms with Crippen molar-refractivity contribution in [3.05, 3.63) is 12.2 Å². The van der Waals surface area contributed by atoms with Gasteiger partial charge in [0.05, 0.1) is 18.8 Å². The van der Waals surface area contributed by atoms with Gasteiger partial charge in [-0.15, -0.1) is 0 Å². The molecule has 0 radical (unpaired) electrons. The van der Waals surface area contributed by atoms with Gasteiger partial charge in [-0.25, -0.2) is 0 Å². The Balaban J connectivity index is 2.11. The predicted octanol–water partition coefficient (Wildman–Crippen LogP) is 0.712. The van der Waals surface area contributed by atoms with Crippen molar-refractivity contribution in [2.75, 3.05) is 6.61 Å². The van der Waals surface area contributed by atoms with Crippen molar-refractivity contribution in [1.82, 2.24) is 0 Å². The fraction of sp³-hybridized carbons (Fsp3) is 0.750. The molecule has 2 heterocycles. The van der Waals surface area contributed by atoms with Crippen LogP contribution < -0.4 is 0 Å². The van der Waals surface area contributed by atoms with Gasteiger partial charge in [-0.05, 0) is 12.8 Å². The number of aliphatic hydroxyl groups is 1. The molecular weight excluding hydrogens is 128 g/mol. The number of fused-ring (bicyclic) bond motifs is 2. The normalized spacial score (nSPS) is 44.3. The van der Waals surface area contributed by atoms with Crippen LogP contribution >= 0.6 is 0 Å². The van der Waals surface area contributed by atoms with E-state index < -0.39 is 0 Å². The maximum atomic E-state index is 8.85. The summed E-state index contributed by atoms with van der Waals surface area (Å²) in [7, 11) is 0. The molecule has 0 amide bonds. The van der Waals surface area contributed by atoms with E-state index in [1.807, 2.05) is 0 Å². The molecule has 10 heavy (non-hydrogen) atoms. The van der Waals surface area contributed by atoms with Crippen LogP contribution in [-0.4, -0.2) is 23.9 Å². The summed E-state index contributed by atoms with van der Waals surface area (Å²) in [5.74, 6) is 0.481. The van der Waals surface area contributed by atoms with Crippen molar-refractivity contribution in [1.29, 1.82) is 0 Å². The third-order valence-electron chi connectivity index (χ3n) is 2.36. The second-order valence-electron chi connectivity index (χ2n) is 3.02. The van der Waals surface area contributed by atoms with Crippen LogP contribution in [0, 0.1) is 5.92 Å². The summed E-state index contributed by atoms with van der Waals surface area (Å²) >= 11 is 0. The smallest absolute Gasteiger partial charge is 0.0876 e. The molecule has 1 saturated heterocycles. The largest absolute Gasteiger partial charge is 0.394 e. The van der Waals surface area contributed by atoms with Gasteiger partial charge in [-0.1, -0.05) is 12.2 Å². The molecule has 3 rings (SSSR count). The van der Waals surface area contributed by atoms with E-state index in [1.165, 1.54) is 6.42 Å². The first-order valence-corrected chi connectivity index (χ1v) is 3.85. The lowest BCUT2D eigenvalue weighted by Gasteiger charge is -2.37. The molecule has 1 aliphatic carbocycles. The SMILES string of the molecule is OCC1OC2C=CC1CC2. The highest BCUT2D eigenvalue weighted by Gasteiger charge is 2.31. The van der Waals surface area contributed by atoms with E-state index in [0.717, 1.165) is 6.42 Å². The van der Waals surface area contributed by atoms with Crippen molar-refractivity contribution < 1.29 is 9.84 Å². The van der Waals surface area contributed by atoms with E-state index in [0.29, 0.717) is 12.0 Å². The monoisotopic (exact) mass is 140 g/mol. The van der Waals surface area contributed by atoms with Gasteiger partial charge in [0, 0.05) is 5.92 Å². The minimum atomic E-state index is 0.0868. The lowest BCUT2D eigenvalue weighted by Crippen LogP contribution is -2.39. The lowest BCUT2D eigenvalue weighted by atomic mass is 9.86. The highest BCUT2D eigenvalue weighted by Crippen LogP contribution is 2.31. The molecule has 2 aliphatic heterocycles. The Morgan fingerprint density at radius 1 is 1.40 bits per heavy atom. The summed E-state index contributed by atoms with van der Waals surface area (Å²) in [5.41, 5.74) is 0. The van der Waals surface area contributed by atoms with Crippen molar-refractivity contribution in [3.63, 3.8) is 0 Å².